The quantitative estimate of drug-likeness (QED) is 0.494. The van der Waals surface area contributed by atoms with Crippen LogP contribution in [0.15, 0.2) is 96.3 Å². The van der Waals surface area contributed by atoms with Gasteiger partial charge in [0.2, 0.25) is 0 Å². The first-order valence-corrected chi connectivity index (χ1v) is 10.3. The van der Waals surface area contributed by atoms with E-state index < -0.39 is 11.9 Å². The topological polar surface area (TPSA) is 49.8 Å². The van der Waals surface area contributed by atoms with E-state index >= 15 is 0 Å². The van der Waals surface area contributed by atoms with Gasteiger partial charge in [0.15, 0.2) is 5.76 Å². The number of aliphatic hydroxyl groups is 1. The molecule has 3 aromatic carbocycles. The van der Waals surface area contributed by atoms with E-state index in [4.69, 9.17) is 16.3 Å². The minimum atomic E-state index is -0.432. The summed E-state index contributed by atoms with van der Waals surface area (Å²) < 4.78 is 5.23. The minimum Gasteiger partial charge on any atom is -0.503 e. The van der Waals surface area contributed by atoms with Crippen molar-refractivity contribution in [3.05, 3.63) is 112 Å². The lowest BCUT2D eigenvalue weighted by Gasteiger charge is -2.27. The van der Waals surface area contributed by atoms with Gasteiger partial charge in [-0.2, -0.15) is 0 Å². The number of aliphatic hydroxyl groups excluding tert-OH is 1. The van der Waals surface area contributed by atoms with Gasteiger partial charge in [0.25, 0.3) is 5.91 Å². The van der Waals surface area contributed by atoms with Crippen molar-refractivity contribution in [2.24, 2.45) is 0 Å². The van der Waals surface area contributed by atoms with E-state index in [-0.39, 0.29) is 5.76 Å². The number of rotatable bonds is 6. The normalized spacial score (nSPS) is 16.4. The molecule has 5 heteroatoms. The fourth-order valence-electron chi connectivity index (χ4n) is 3.75. The molecule has 0 saturated heterocycles. The molecule has 0 fully saturated rings. The van der Waals surface area contributed by atoms with Crippen LogP contribution in [0.3, 0.4) is 0 Å². The van der Waals surface area contributed by atoms with Crippen LogP contribution in [0.2, 0.25) is 5.02 Å². The average Bonchev–Trinajstić information content (AvgIpc) is 3.05. The second-order valence-electron chi connectivity index (χ2n) is 7.22. The summed E-state index contributed by atoms with van der Waals surface area (Å²) in [6, 6.07) is 24.1. The summed E-state index contributed by atoms with van der Waals surface area (Å²) in [7, 11) is 1.59. The standard InChI is InChI=1S/C26H22ClNO3/c1-31-22-16-14-21(15-17-22)28-24(19-10-12-20(27)13-11-19)23(25(29)26(28)30)9-5-8-18-6-3-2-4-7-18/h2-8,10-17,24,29H,9H2,1H3/b8-5+. The van der Waals surface area contributed by atoms with Gasteiger partial charge in [-0.1, -0.05) is 66.2 Å². The summed E-state index contributed by atoms with van der Waals surface area (Å²) in [5.74, 6) is 0.0587. The Balaban J connectivity index is 1.71. The van der Waals surface area contributed by atoms with Crippen molar-refractivity contribution in [3.8, 4) is 5.75 Å². The van der Waals surface area contributed by atoms with Gasteiger partial charge in [-0.05, 0) is 53.9 Å². The molecule has 3 aromatic rings. The number of carbonyl (C=O) groups excluding carboxylic acids is 1. The Hall–Kier alpha value is -3.50. The highest BCUT2D eigenvalue weighted by molar-refractivity contribution is 6.30. The molecule has 0 spiro atoms. The number of hydrogen-bond acceptors (Lipinski definition) is 3. The first-order valence-electron chi connectivity index (χ1n) is 9.95. The molecule has 0 aliphatic carbocycles. The fraction of sp³-hybridized carbons (Fsp3) is 0.115. The summed E-state index contributed by atoms with van der Waals surface area (Å²) in [5.41, 5.74) is 3.26. The third-order valence-electron chi connectivity index (χ3n) is 5.30. The van der Waals surface area contributed by atoms with E-state index in [1.54, 1.807) is 36.3 Å². The van der Waals surface area contributed by atoms with Crippen LogP contribution in [-0.4, -0.2) is 18.1 Å². The predicted molar refractivity (Wildman–Crippen MR) is 124 cm³/mol. The number of hydrogen-bond donors (Lipinski definition) is 1. The van der Waals surface area contributed by atoms with Crippen LogP contribution < -0.4 is 9.64 Å². The van der Waals surface area contributed by atoms with E-state index in [1.165, 1.54) is 0 Å². The molecule has 1 atom stereocenters. The Morgan fingerprint density at radius 3 is 2.32 bits per heavy atom. The molecule has 1 amide bonds. The van der Waals surface area contributed by atoms with Gasteiger partial charge in [-0.3, -0.25) is 9.69 Å². The fourth-order valence-corrected chi connectivity index (χ4v) is 3.88. The lowest BCUT2D eigenvalue weighted by Crippen LogP contribution is -2.30. The number of anilines is 1. The van der Waals surface area contributed by atoms with Gasteiger partial charge < -0.3 is 9.84 Å². The second kappa shape index (κ2) is 9.11. The molecule has 1 heterocycles. The van der Waals surface area contributed by atoms with E-state index in [9.17, 15) is 9.90 Å². The first-order chi connectivity index (χ1) is 15.1. The lowest BCUT2D eigenvalue weighted by atomic mass is 9.96. The number of methoxy groups -OCH3 is 1. The molecule has 0 radical (unpaired) electrons. The zero-order valence-corrected chi connectivity index (χ0v) is 17.8. The van der Waals surface area contributed by atoms with Gasteiger partial charge in [0.05, 0.1) is 13.2 Å². The van der Waals surface area contributed by atoms with Crippen molar-refractivity contribution in [1.29, 1.82) is 0 Å². The lowest BCUT2D eigenvalue weighted by molar-refractivity contribution is -0.117. The van der Waals surface area contributed by atoms with E-state index in [0.717, 1.165) is 11.1 Å². The molecule has 1 N–H and O–H groups in total. The highest BCUT2D eigenvalue weighted by atomic mass is 35.5. The molecular weight excluding hydrogens is 410 g/mol. The van der Waals surface area contributed by atoms with Crippen molar-refractivity contribution >= 4 is 29.3 Å². The second-order valence-corrected chi connectivity index (χ2v) is 7.65. The van der Waals surface area contributed by atoms with Crippen molar-refractivity contribution in [2.75, 3.05) is 12.0 Å². The van der Waals surface area contributed by atoms with Gasteiger partial charge in [0.1, 0.15) is 5.75 Å². The first kappa shape index (κ1) is 20.8. The maximum absolute atomic E-state index is 13.1. The Morgan fingerprint density at radius 1 is 1.00 bits per heavy atom. The van der Waals surface area contributed by atoms with E-state index in [1.807, 2.05) is 66.7 Å². The number of carbonyl (C=O) groups is 1. The predicted octanol–water partition coefficient (Wildman–Crippen LogP) is 6.35. The van der Waals surface area contributed by atoms with Gasteiger partial charge >= 0.3 is 0 Å². The maximum Gasteiger partial charge on any atom is 0.293 e. The molecule has 0 saturated carbocycles. The molecule has 1 aliphatic rings. The molecule has 4 rings (SSSR count). The third-order valence-corrected chi connectivity index (χ3v) is 5.55. The Labute approximate surface area is 186 Å². The maximum atomic E-state index is 13.1. The smallest absolute Gasteiger partial charge is 0.293 e. The zero-order valence-electron chi connectivity index (χ0n) is 17.0. The molecule has 156 valence electrons. The van der Waals surface area contributed by atoms with Crippen molar-refractivity contribution in [3.63, 3.8) is 0 Å². The van der Waals surface area contributed by atoms with Crippen LogP contribution in [0.25, 0.3) is 6.08 Å². The van der Waals surface area contributed by atoms with Crippen molar-refractivity contribution in [2.45, 2.75) is 12.5 Å². The number of amides is 1. The monoisotopic (exact) mass is 431 g/mol. The van der Waals surface area contributed by atoms with E-state index in [0.29, 0.717) is 28.5 Å². The largest absolute Gasteiger partial charge is 0.503 e. The highest BCUT2D eigenvalue weighted by Crippen LogP contribution is 2.42. The van der Waals surface area contributed by atoms with Crippen LogP contribution in [0, 0.1) is 0 Å². The number of halogens is 1. The molecule has 1 unspecified atom stereocenters. The molecule has 0 bridgehead atoms. The summed E-state index contributed by atoms with van der Waals surface area (Å²) in [6.07, 6.45) is 4.39. The highest BCUT2D eigenvalue weighted by Gasteiger charge is 2.40. The average molecular weight is 432 g/mol. The molecule has 0 aromatic heterocycles. The summed E-state index contributed by atoms with van der Waals surface area (Å²) in [4.78, 5) is 14.7. The SMILES string of the molecule is COc1ccc(N2C(=O)C(O)=C(C/C=C/c3ccccc3)C2c2ccc(Cl)cc2)cc1. The Morgan fingerprint density at radius 2 is 1.68 bits per heavy atom. The zero-order chi connectivity index (χ0) is 21.8. The minimum absolute atomic E-state index is 0.214. The van der Waals surface area contributed by atoms with Crippen LogP contribution in [0.4, 0.5) is 5.69 Å². The summed E-state index contributed by atoms with van der Waals surface area (Å²) in [5, 5.41) is 11.4. The van der Waals surface area contributed by atoms with Crippen LogP contribution in [0.1, 0.15) is 23.6 Å². The van der Waals surface area contributed by atoms with E-state index in [2.05, 4.69) is 0 Å². The number of ether oxygens (including phenoxy) is 1. The summed E-state index contributed by atoms with van der Waals surface area (Å²) >= 11 is 6.08. The van der Waals surface area contributed by atoms with Crippen LogP contribution in [0.5, 0.6) is 5.75 Å². The number of nitrogens with zero attached hydrogens (tertiary/aromatic N) is 1. The number of allylic oxidation sites excluding steroid dienone is 1. The summed E-state index contributed by atoms with van der Waals surface area (Å²) in [6.45, 7) is 0. The van der Waals surface area contributed by atoms with Gasteiger partial charge in [-0.25, -0.2) is 0 Å². The van der Waals surface area contributed by atoms with Crippen molar-refractivity contribution in [1.82, 2.24) is 0 Å². The Bertz CT molecular complexity index is 1120. The van der Waals surface area contributed by atoms with Crippen LogP contribution in [-0.2, 0) is 4.79 Å². The van der Waals surface area contributed by atoms with Gasteiger partial charge in [-0.15, -0.1) is 0 Å². The molecule has 31 heavy (non-hydrogen) atoms. The number of benzene rings is 3. The van der Waals surface area contributed by atoms with Crippen LogP contribution >= 0.6 is 11.6 Å². The molecule has 1 aliphatic heterocycles. The third kappa shape index (κ3) is 4.35. The Kier molecular flexibility index (Phi) is 6.10. The van der Waals surface area contributed by atoms with Crippen molar-refractivity contribution < 1.29 is 14.6 Å². The van der Waals surface area contributed by atoms with Gasteiger partial charge in [0, 0.05) is 16.3 Å². The molecule has 4 nitrogen and oxygen atoms in total. The molecular formula is C26H22ClNO3.